The highest BCUT2D eigenvalue weighted by Gasteiger charge is 2.21. The number of hydrogen-bond donors (Lipinski definition) is 1. The zero-order valence-corrected chi connectivity index (χ0v) is 21.3. The molecule has 0 aliphatic rings. The van der Waals surface area contributed by atoms with E-state index in [1.54, 1.807) is 24.1 Å². The van der Waals surface area contributed by atoms with Gasteiger partial charge in [-0.05, 0) is 31.8 Å². The number of H-pyrrole nitrogens is 1. The maximum absolute atomic E-state index is 13.0. The van der Waals surface area contributed by atoms with Gasteiger partial charge in [0.25, 0.3) is 11.5 Å². The summed E-state index contributed by atoms with van der Waals surface area (Å²) in [5, 5.41) is 0.274. The molecule has 1 aromatic heterocycles. The molecule has 35 heavy (non-hydrogen) atoms. The first-order valence-corrected chi connectivity index (χ1v) is 11.1. The Labute approximate surface area is 205 Å². The molecule has 0 fully saturated rings. The van der Waals surface area contributed by atoms with Crippen molar-refractivity contribution in [2.45, 2.75) is 6.54 Å². The number of ether oxygens (including phenoxy) is 3. The third kappa shape index (κ3) is 5.65. The van der Waals surface area contributed by atoms with Crippen molar-refractivity contribution >= 4 is 22.8 Å². The number of fused-ring (bicyclic) bond motifs is 1. The number of benzene rings is 2. The average Bonchev–Trinajstić information content (AvgIpc) is 2.85. The summed E-state index contributed by atoms with van der Waals surface area (Å²) < 4.78 is 16.2. The molecule has 0 bridgehead atoms. The van der Waals surface area contributed by atoms with E-state index in [9.17, 15) is 9.59 Å². The number of carbonyl (C=O) groups excluding carboxylic acids is 1. The second kappa shape index (κ2) is 11.1. The van der Waals surface area contributed by atoms with Crippen LogP contribution in [-0.2, 0) is 6.54 Å². The largest absolute Gasteiger partial charge is 0.493 e. The van der Waals surface area contributed by atoms with Crippen molar-refractivity contribution in [3.63, 3.8) is 0 Å². The minimum absolute atomic E-state index is 0.0401. The third-order valence-corrected chi connectivity index (χ3v) is 5.67. The molecule has 0 unspecified atom stereocenters. The van der Waals surface area contributed by atoms with Gasteiger partial charge in [-0.2, -0.15) is 0 Å². The highest BCUT2D eigenvalue weighted by Crippen LogP contribution is 2.41. The molecule has 0 aliphatic carbocycles. The molecule has 0 saturated heterocycles. The Morgan fingerprint density at radius 1 is 0.971 bits per heavy atom. The van der Waals surface area contributed by atoms with Crippen LogP contribution in [0.25, 0.3) is 10.9 Å². The van der Waals surface area contributed by atoms with E-state index >= 15 is 0 Å². The van der Waals surface area contributed by atoms with Crippen molar-refractivity contribution in [3.8, 4) is 17.2 Å². The molecule has 1 N–H and O–H groups in total. The number of carbonyl (C=O) groups is 1. The third-order valence-electron chi connectivity index (χ3n) is 5.67. The lowest BCUT2D eigenvalue weighted by atomic mass is 10.1. The number of aromatic amines is 1. The van der Waals surface area contributed by atoms with E-state index in [-0.39, 0.29) is 22.6 Å². The van der Waals surface area contributed by atoms with E-state index in [1.165, 1.54) is 21.3 Å². The number of aromatic nitrogens is 2. The molecule has 10 nitrogen and oxygen atoms in total. The zero-order valence-electron chi connectivity index (χ0n) is 21.3. The second-order valence-electron chi connectivity index (χ2n) is 8.52. The van der Waals surface area contributed by atoms with Crippen LogP contribution in [0.3, 0.4) is 0 Å². The molecule has 0 aliphatic heterocycles. The van der Waals surface area contributed by atoms with Gasteiger partial charge in [0.05, 0.1) is 26.8 Å². The Hall–Kier alpha value is -3.79. The van der Waals surface area contributed by atoms with Gasteiger partial charge in [0.15, 0.2) is 11.5 Å². The summed E-state index contributed by atoms with van der Waals surface area (Å²) in [5.41, 5.74) is 1.57. The standard InChI is InChI=1S/C25H33N5O5/c1-28(2)11-12-29(3)24(32)17-10-8-9-16(13-17)15-30(4)25-26-18-14-19(33-5)21(34-6)22(35-7)20(18)23(31)27-25/h8-10,13-14H,11-12,15H2,1-7H3,(H,26,27,31). The molecule has 1 heterocycles. The van der Waals surface area contributed by atoms with Crippen molar-refractivity contribution in [2.24, 2.45) is 0 Å². The molecular formula is C25H33N5O5. The van der Waals surface area contributed by atoms with Gasteiger partial charge in [-0.3, -0.25) is 14.6 Å². The van der Waals surface area contributed by atoms with Gasteiger partial charge in [-0.15, -0.1) is 0 Å². The van der Waals surface area contributed by atoms with E-state index in [4.69, 9.17) is 14.2 Å². The Kier molecular flexibility index (Phi) is 8.18. The van der Waals surface area contributed by atoms with E-state index in [2.05, 4.69) is 9.97 Å². The smallest absolute Gasteiger partial charge is 0.264 e. The van der Waals surface area contributed by atoms with Crippen LogP contribution >= 0.6 is 0 Å². The lowest BCUT2D eigenvalue weighted by Gasteiger charge is -2.21. The zero-order chi connectivity index (χ0) is 25.7. The van der Waals surface area contributed by atoms with Crippen molar-refractivity contribution in [3.05, 3.63) is 51.8 Å². The van der Waals surface area contributed by atoms with Crippen LogP contribution in [0.15, 0.2) is 35.1 Å². The predicted molar refractivity (Wildman–Crippen MR) is 136 cm³/mol. The van der Waals surface area contributed by atoms with Gasteiger partial charge in [0, 0.05) is 45.4 Å². The number of anilines is 1. The summed E-state index contributed by atoms with van der Waals surface area (Å²) in [6.07, 6.45) is 0. The SMILES string of the molecule is COc1cc2nc(N(C)Cc3cccc(C(=O)N(C)CCN(C)C)c3)[nH]c(=O)c2c(OC)c1OC. The number of nitrogens with one attached hydrogen (secondary N) is 1. The second-order valence-corrected chi connectivity index (χ2v) is 8.52. The first kappa shape index (κ1) is 25.8. The van der Waals surface area contributed by atoms with Gasteiger partial charge >= 0.3 is 0 Å². The lowest BCUT2D eigenvalue weighted by molar-refractivity contribution is 0.0786. The fourth-order valence-corrected chi connectivity index (χ4v) is 3.76. The average molecular weight is 484 g/mol. The van der Waals surface area contributed by atoms with Gasteiger partial charge in [-0.25, -0.2) is 4.98 Å². The maximum Gasteiger partial charge on any atom is 0.264 e. The molecule has 10 heteroatoms. The molecule has 1 amide bonds. The predicted octanol–water partition coefficient (Wildman–Crippen LogP) is 2.22. The fraction of sp³-hybridized carbons (Fsp3) is 0.400. The van der Waals surface area contributed by atoms with E-state index in [1.807, 2.05) is 49.1 Å². The van der Waals surface area contributed by atoms with Crippen LogP contribution in [0.5, 0.6) is 17.2 Å². The molecule has 188 valence electrons. The molecule has 0 spiro atoms. The van der Waals surface area contributed by atoms with E-state index < -0.39 is 0 Å². The summed E-state index contributed by atoms with van der Waals surface area (Å²) in [6, 6.07) is 9.10. The van der Waals surface area contributed by atoms with Crippen molar-refractivity contribution in [1.29, 1.82) is 0 Å². The monoisotopic (exact) mass is 483 g/mol. The van der Waals surface area contributed by atoms with Gasteiger partial charge in [0.1, 0.15) is 5.39 Å². The molecular weight excluding hydrogens is 450 g/mol. The van der Waals surface area contributed by atoms with Crippen LogP contribution in [0.1, 0.15) is 15.9 Å². The Morgan fingerprint density at radius 3 is 2.31 bits per heavy atom. The van der Waals surface area contributed by atoms with Gasteiger partial charge in [0.2, 0.25) is 11.7 Å². The van der Waals surface area contributed by atoms with E-state index in [0.717, 1.165) is 12.1 Å². The quantitative estimate of drug-likeness (QED) is 0.469. The number of amides is 1. The van der Waals surface area contributed by atoms with Crippen LogP contribution in [0.4, 0.5) is 5.95 Å². The fourth-order valence-electron chi connectivity index (χ4n) is 3.76. The number of likely N-dealkylation sites (N-methyl/N-ethyl adjacent to an activating group) is 2. The molecule has 0 atom stereocenters. The summed E-state index contributed by atoms with van der Waals surface area (Å²) in [7, 11) is 12.0. The Morgan fingerprint density at radius 2 is 1.69 bits per heavy atom. The van der Waals surface area contributed by atoms with Crippen LogP contribution in [0.2, 0.25) is 0 Å². The summed E-state index contributed by atoms with van der Waals surface area (Å²) in [6.45, 7) is 1.85. The Bertz CT molecular complexity index is 1260. The van der Waals surface area contributed by atoms with Crippen molar-refractivity contribution in [2.75, 3.05) is 67.5 Å². The number of rotatable bonds is 10. The van der Waals surface area contributed by atoms with Crippen molar-refractivity contribution < 1.29 is 19.0 Å². The van der Waals surface area contributed by atoms with Gasteiger partial charge in [-0.1, -0.05) is 12.1 Å². The van der Waals surface area contributed by atoms with Crippen molar-refractivity contribution in [1.82, 2.24) is 19.8 Å². The Balaban J connectivity index is 1.89. The van der Waals surface area contributed by atoms with Gasteiger partial charge < -0.3 is 28.9 Å². The van der Waals surface area contributed by atoms with Crippen LogP contribution in [0, 0.1) is 0 Å². The minimum atomic E-state index is -0.360. The highest BCUT2D eigenvalue weighted by atomic mass is 16.5. The van der Waals surface area contributed by atoms with E-state index in [0.29, 0.717) is 41.6 Å². The first-order chi connectivity index (χ1) is 16.7. The molecule has 3 aromatic rings. The van der Waals surface area contributed by atoms with Crippen LogP contribution < -0.4 is 24.7 Å². The number of nitrogens with zero attached hydrogens (tertiary/aromatic N) is 4. The first-order valence-electron chi connectivity index (χ1n) is 11.1. The summed E-state index contributed by atoms with van der Waals surface area (Å²) in [4.78, 5) is 38.8. The highest BCUT2D eigenvalue weighted by molar-refractivity contribution is 5.94. The molecule has 3 rings (SSSR count). The maximum atomic E-state index is 13.0. The number of hydrogen-bond acceptors (Lipinski definition) is 8. The topological polar surface area (TPSA) is 100 Å². The lowest BCUT2D eigenvalue weighted by Crippen LogP contribution is -2.33. The van der Waals surface area contributed by atoms with Crippen LogP contribution in [-0.4, -0.2) is 88.3 Å². The summed E-state index contributed by atoms with van der Waals surface area (Å²) in [5.74, 6) is 1.33. The molecule has 2 aromatic carbocycles. The normalized spacial score (nSPS) is 11.0. The summed E-state index contributed by atoms with van der Waals surface area (Å²) >= 11 is 0. The minimum Gasteiger partial charge on any atom is -0.493 e. The molecule has 0 saturated carbocycles. The molecule has 0 radical (unpaired) electrons. The number of methoxy groups -OCH3 is 3.